The topological polar surface area (TPSA) is 21.7 Å². The molecule has 1 aliphatic heterocycles. The molecule has 0 N–H and O–H groups in total. The Labute approximate surface area is 118 Å². The van der Waals surface area contributed by atoms with Crippen LogP contribution in [0, 0.1) is 5.82 Å². The molecular weight excluding hydrogens is 269 g/mol. The normalized spacial score (nSPS) is 19.7. The lowest BCUT2D eigenvalue weighted by Gasteiger charge is -2.18. The second kappa shape index (κ2) is 5.97. The zero-order valence-corrected chi connectivity index (χ0v) is 12.3. The smallest absolute Gasteiger partial charge is 0.170 e. The monoisotopic (exact) mass is 287 g/mol. The quantitative estimate of drug-likeness (QED) is 0.848. The maximum absolute atomic E-state index is 14.4. The van der Waals surface area contributed by atoms with E-state index >= 15 is 0 Å². The van der Waals surface area contributed by atoms with Crippen molar-refractivity contribution in [1.29, 1.82) is 0 Å². The van der Waals surface area contributed by atoms with Gasteiger partial charge in [-0.3, -0.25) is 0 Å². The molecule has 0 radical (unpaired) electrons. The standard InChI is InChI=1S/C14H19ClFNO2/c1-4-17-6-5-9(8-17)12-13(15)10(18-2)7-11(19-3)14(12)16/h7,9H,4-6,8H2,1-3H3. The van der Waals surface area contributed by atoms with E-state index in [4.69, 9.17) is 21.1 Å². The Bertz CT molecular complexity index is 439. The van der Waals surface area contributed by atoms with E-state index in [0.717, 1.165) is 26.1 Å². The van der Waals surface area contributed by atoms with Crippen molar-refractivity contribution in [3.05, 3.63) is 22.5 Å². The number of ether oxygens (including phenoxy) is 2. The molecular formula is C14H19ClFNO2. The Balaban J connectivity index is 2.43. The van der Waals surface area contributed by atoms with E-state index in [1.807, 2.05) is 0 Å². The van der Waals surface area contributed by atoms with Gasteiger partial charge in [-0.05, 0) is 19.5 Å². The van der Waals surface area contributed by atoms with Gasteiger partial charge in [0.15, 0.2) is 11.6 Å². The van der Waals surface area contributed by atoms with E-state index in [1.54, 1.807) is 0 Å². The van der Waals surface area contributed by atoms with Crippen LogP contribution in [0.4, 0.5) is 4.39 Å². The Kier molecular flexibility index (Phi) is 4.53. The third kappa shape index (κ3) is 2.65. The highest BCUT2D eigenvalue weighted by molar-refractivity contribution is 6.33. The Morgan fingerprint density at radius 2 is 2.05 bits per heavy atom. The molecule has 0 aromatic heterocycles. The van der Waals surface area contributed by atoms with Crippen LogP contribution in [0.1, 0.15) is 24.8 Å². The summed E-state index contributed by atoms with van der Waals surface area (Å²) in [5.74, 6) is 0.378. The van der Waals surface area contributed by atoms with E-state index in [0.29, 0.717) is 16.3 Å². The average molecular weight is 288 g/mol. The molecule has 1 aromatic rings. The first-order valence-corrected chi connectivity index (χ1v) is 6.82. The summed E-state index contributed by atoms with van der Waals surface area (Å²) in [6.45, 7) is 4.86. The number of hydrogen-bond acceptors (Lipinski definition) is 3. The molecule has 1 heterocycles. The Hall–Kier alpha value is -1.00. The van der Waals surface area contributed by atoms with Gasteiger partial charge in [-0.1, -0.05) is 18.5 Å². The van der Waals surface area contributed by atoms with Crippen LogP contribution in [0.25, 0.3) is 0 Å². The number of benzene rings is 1. The number of methoxy groups -OCH3 is 2. The van der Waals surface area contributed by atoms with Crippen LogP contribution in [0.2, 0.25) is 5.02 Å². The molecule has 0 spiro atoms. The first-order chi connectivity index (χ1) is 9.12. The van der Waals surface area contributed by atoms with Crippen molar-refractivity contribution >= 4 is 11.6 Å². The number of nitrogens with zero attached hydrogens (tertiary/aromatic N) is 1. The number of hydrogen-bond donors (Lipinski definition) is 0. The van der Waals surface area contributed by atoms with Gasteiger partial charge >= 0.3 is 0 Å². The van der Waals surface area contributed by atoms with Gasteiger partial charge in [0, 0.05) is 24.1 Å². The summed E-state index contributed by atoms with van der Waals surface area (Å²) < 4.78 is 24.7. The number of halogens is 2. The van der Waals surface area contributed by atoms with Gasteiger partial charge in [-0.25, -0.2) is 4.39 Å². The lowest BCUT2D eigenvalue weighted by molar-refractivity contribution is 0.349. The zero-order chi connectivity index (χ0) is 14.0. The minimum atomic E-state index is -0.365. The van der Waals surface area contributed by atoms with Gasteiger partial charge in [0.2, 0.25) is 0 Å². The van der Waals surface area contributed by atoms with Crippen molar-refractivity contribution in [3.8, 4) is 11.5 Å². The number of likely N-dealkylation sites (N-methyl/N-ethyl adjacent to an activating group) is 1. The molecule has 19 heavy (non-hydrogen) atoms. The van der Waals surface area contributed by atoms with Crippen LogP contribution in [-0.4, -0.2) is 38.8 Å². The Morgan fingerprint density at radius 3 is 2.58 bits per heavy atom. The zero-order valence-electron chi connectivity index (χ0n) is 11.5. The lowest BCUT2D eigenvalue weighted by Crippen LogP contribution is -2.19. The molecule has 3 nitrogen and oxygen atoms in total. The predicted octanol–water partition coefficient (Wildman–Crippen LogP) is 3.31. The van der Waals surface area contributed by atoms with Crippen LogP contribution in [-0.2, 0) is 0 Å². The Morgan fingerprint density at radius 1 is 1.37 bits per heavy atom. The molecule has 1 fully saturated rings. The van der Waals surface area contributed by atoms with Crippen molar-refractivity contribution in [2.75, 3.05) is 33.9 Å². The van der Waals surface area contributed by atoms with Crippen molar-refractivity contribution in [3.63, 3.8) is 0 Å². The fraction of sp³-hybridized carbons (Fsp3) is 0.571. The molecule has 0 amide bonds. The molecule has 1 aliphatic rings. The van der Waals surface area contributed by atoms with Crippen molar-refractivity contribution in [2.24, 2.45) is 0 Å². The highest BCUT2D eigenvalue weighted by Crippen LogP contribution is 2.42. The first kappa shape index (κ1) is 14.4. The van der Waals surface area contributed by atoms with Gasteiger partial charge in [0.25, 0.3) is 0 Å². The number of likely N-dealkylation sites (tertiary alicyclic amines) is 1. The molecule has 1 aromatic carbocycles. The highest BCUT2D eigenvalue weighted by Gasteiger charge is 2.30. The van der Waals surface area contributed by atoms with Gasteiger partial charge in [-0.15, -0.1) is 0 Å². The molecule has 0 bridgehead atoms. The van der Waals surface area contributed by atoms with Crippen molar-refractivity contribution < 1.29 is 13.9 Å². The van der Waals surface area contributed by atoms with E-state index in [2.05, 4.69) is 11.8 Å². The van der Waals surface area contributed by atoms with Crippen LogP contribution in [0.3, 0.4) is 0 Å². The molecule has 1 atom stereocenters. The summed E-state index contributed by atoms with van der Waals surface area (Å²) >= 11 is 6.28. The van der Waals surface area contributed by atoms with E-state index in [1.165, 1.54) is 20.3 Å². The summed E-state index contributed by atoms with van der Waals surface area (Å²) in [6, 6.07) is 1.49. The van der Waals surface area contributed by atoms with Gasteiger partial charge in [0.05, 0.1) is 19.2 Å². The van der Waals surface area contributed by atoms with Gasteiger partial charge in [-0.2, -0.15) is 0 Å². The van der Waals surface area contributed by atoms with Gasteiger partial charge in [0.1, 0.15) is 5.75 Å². The van der Waals surface area contributed by atoms with Crippen LogP contribution >= 0.6 is 11.6 Å². The van der Waals surface area contributed by atoms with Crippen molar-refractivity contribution in [2.45, 2.75) is 19.3 Å². The predicted molar refractivity (Wildman–Crippen MR) is 74.0 cm³/mol. The highest BCUT2D eigenvalue weighted by atomic mass is 35.5. The first-order valence-electron chi connectivity index (χ1n) is 6.44. The van der Waals surface area contributed by atoms with Gasteiger partial charge < -0.3 is 14.4 Å². The molecule has 2 rings (SSSR count). The second-order valence-corrected chi connectivity index (χ2v) is 5.08. The summed E-state index contributed by atoms with van der Waals surface area (Å²) in [7, 11) is 2.97. The fourth-order valence-corrected chi connectivity index (χ4v) is 2.99. The largest absolute Gasteiger partial charge is 0.495 e. The second-order valence-electron chi connectivity index (χ2n) is 4.70. The molecule has 0 aliphatic carbocycles. The molecule has 1 unspecified atom stereocenters. The SMILES string of the molecule is CCN1CCC(c2c(F)c(OC)cc(OC)c2Cl)C1. The van der Waals surface area contributed by atoms with Crippen LogP contribution in [0.5, 0.6) is 11.5 Å². The van der Waals surface area contributed by atoms with E-state index < -0.39 is 0 Å². The minimum absolute atomic E-state index is 0.0939. The summed E-state index contributed by atoms with van der Waals surface area (Å²) in [5, 5.41) is 0.365. The third-order valence-electron chi connectivity index (χ3n) is 3.74. The third-order valence-corrected chi connectivity index (χ3v) is 4.13. The maximum atomic E-state index is 14.4. The molecule has 0 saturated carbocycles. The lowest BCUT2D eigenvalue weighted by atomic mass is 9.97. The van der Waals surface area contributed by atoms with E-state index in [9.17, 15) is 4.39 Å². The molecule has 106 valence electrons. The molecule has 5 heteroatoms. The summed E-state index contributed by atoms with van der Waals surface area (Å²) in [4.78, 5) is 2.28. The average Bonchev–Trinajstić information content (AvgIpc) is 2.88. The maximum Gasteiger partial charge on any atom is 0.170 e. The minimum Gasteiger partial charge on any atom is -0.495 e. The van der Waals surface area contributed by atoms with E-state index in [-0.39, 0.29) is 17.5 Å². The van der Waals surface area contributed by atoms with Crippen molar-refractivity contribution in [1.82, 2.24) is 4.90 Å². The summed E-state index contributed by atoms with van der Waals surface area (Å²) in [6.07, 6.45) is 0.904. The fourth-order valence-electron chi connectivity index (χ4n) is 2.62. The molecule has 1 saturated heterocycles. The summed E-state index contributed by atoms with van der Waals surface area (Å²) in [5.41, 5.74) is 0.522. The van der Waals surface area contributed by atoms with Crippen LogP contribution < -0.4 is 9.47 Å². The number of rotatable bonds is 4. The van der Waals surface area contributed by atoms with Crippen LogP contribution in [0.15, 0.2) is 6.07 Å².